The zero-order valence-corrected chi connectivity index (χ0v) is 16.3. The third kappa shape index (κ3) is 2.74. The van der Waals surface area contributed by atoms with Gasteiger partial charge in [-0.15, -0.1) is 0 Å². The minimum Gasteiger partial charge on any atom is -0.505 e. The fraction of sp³-hybridized carbons (Fsp3) is 0.250. The Morgan fingerprint density at radius 1 is 1.00 bits per heavy atom. The summed E-state index contributed by atoms with van der Waals surface area (Å²) in [5.41, 5.74) is 5.16. The lowest BCUT2D eigenvalue weighted by Crippen LogP contribution is -2.29. The van der Waals surface area contributed by atoms with Crippen molar-refractivity contribution in [2.75, 3.05) is 0 Å². The predicted molar refractivity (Wildman–Crippen MR) is 112 cm³/mol. The molecule has 0 spiro atoms. The van der Waals surface area contributed by atoms with Crippen molar-refractivity contribution in [3.05, 3.63) is 71.9 Å². The molecule has 3 nitrogen and oxygen atoms in total. The molecule has 0 saturated carbocycles. The van der Waals surface area contributed by atoms with Crippen LogP contribution in [0.15, 0.2) is 60.8 Å². The molecule has 1 aliphatic heterocycles. The van der Waals surface area contributed by atoms with Gasteiger partial charge in [0.2, 0.25) is 5.69 Å². The van der Waals surface area contributed by atoms with Crippen LogP contribution in [-0.2, 0) is 5.41 Å². The van der Waals surface area contributed by atoms with E-state index in [9.17, 15) is 5.11 Å². The van der Waals surface area contributed by atoms with E-state index in [1.807, 2.05) is 30.3 Å². The van der Waals surface area contributed by atoms with Crippen molar-refractivity contribution in [2.24, 2.45) is 0 Å². The number of pyridine rings is 1. The van der Waals surface area contributed by atoms with Crippen LogP contribution >= 0.6 is 0 Å². The summed E-state index contributed by atoms with van der Waals surface area (Å²) in [5.74, 6) is 0.231. The summed E-state index contributed by atoms with van der Waals surface area (Å²) in [4.78, 5) is 4.32. The molecule has 136 valence electrons. The molecule has 3 heteroatoms. The van der Waals surface area contributed by atoms with Gasteiger partial charge in [-0.25, -0.2) is 0 Å². The lowest BCUT2D eigenvalue weighted by atomic mass is 9.81. The van der Waals surface area contributed by atoms with E-state index in [2.05, 4.69) is 67.6 Å². The Kier molecular flexibility index (Phi) is 4.11. The predicted octanol–water partition coefficient (Wildman–Crippen LogP) is 5.44. The Morgan fingerprint density at radius 3 is 2.56 bits per heavy atom. The van der Waals surface area contributed by atoms with Crippen LogP contribution in [0.4, 0.5) is 5.69 Å². The highest BCUT2D eigenvalue weighted by Crippen LogP contribution is 2.41. The average Bonchev–Trinajstić information content (AvgIpc) is 2.89. The molecule has 1 N–H and O–H groups in total. The van der Waals surface area contributed by atoms with Crippen molar-refractivity contribution >= 4 is 28.4 Å². The van der Waals surface area contributed by atoms with Gasteiger partial charge in [-0.2, -0.15) is 4.58 Å². The summed E-state index contributed by atoms with van der Waals surface area (Å²) >= 11 is 0. The maximum Gasteiger partial charge on any atom is 0.209 e. The molecule has 0 aliphatic carbocycles. The van der Waals surface area contributed by atoms with E-state index in [4.69, 9.17) is 0 Å². The second-order valence-corrected chi connectivity index (χ2v) is 7.90. The summed E-state index contributed by atoms with van der Waals surface area (Å²) in [7, 11) is 0. The molecule has 0 saturated heterocycles. The third-order valence-electron chi connectivity index (χ3n) is 5.45. The number of hydrogen-bond acceptors (Lipinski definition) is 2. The maximum absolute atomic E-state index is 10.7. The van der Waals surface area contributed by atoms with Gasteiger partial charge in [0.05, 0.1) is 5.41 Å². The average molecular weight is 357 g/mol. The summed E-state index contributed by atoms with van der Waals surface area (Å²) in [6, 6.07) is 16.7. The highest BCUT2D eigenvalue weighted by Gasteiger charge is 2.44. The number of fused-ring (bicyclic) bond motifs is 2. The molecule has 0 fully saturated rings. The highest BCUT2D eigenvalue weighted by atomic mass is 16.3. The van der Waals surface area contributed by atoms with E-state index in [0.717, 1.165) is 10.9 Å². The number of rotatable bonds is 3. The number of benzene rings is 2. The Hall–Kier alpha value is -2.94. The number of phenolic OH excluding ortho intramolecular Hbond substituents is 1. The van der Waals surface area contributed by atoms with Crippen molar-refractivity contribution in [3.63, 3.8) is 0 Å². The first kappa shape index (κ1) is 17.5. The minimum atomic E-state index is -0.0952. The van der Waals surface area contributed by atoms with Gasteiger partial charge >= 0.3 is 0 Å². The lowest BCUT2D eigenvalue weighted by Gasteiger charge is -2.15. The molecular weight excluding hydrogens is 332 g/mol. The quantitative estimate of drug-likeness (QED) is 0.634. The summed E-state index contributed by atoms with van der Waals surface area (Å²) in [6.07, 6.45) is 5.85. The Labute approximate surface area is 160 Å². The van der Waals surface area contributed by atoms with Gasteiger partial charge in [-0.05, 0) is 39.8 Å². The van der Waals surface area contributed by atoms with Crippen LogP contribution in [0.2, 0.25) is 0 Å². The molecule has 0 unspecified atom stereocenters. The molecular formula is C24H25N2O+. The van der Waals surface area contributed by atoms with Gasteiger partial charge in [0.1, 0.15) is 11.3 Å². The van der Waals surface area contributed by atoms with Gasteiger partial charge in [-0.1, -0.05) is 36.4 Å². The third-order valence-corrected chi connectivity index (χ3v) is 5.45. The van der Waals surface area contributed by atoms with Crippen LogP contribution in [0.25, 0.3) is 17.0 Å². The highest BCUT2D eigenvalue weighted by molar-refractivity contribution is 6.06. The molecule has 2 aromatic carbocycles. The molecule has 0 atom stereocenters. The van der Waals surface area contributed by atoms with Crippen LogP contribution in [0, 0.1) is 0 Å². The summed E-state index contributed by atoms with van der Waals surface area (Å²) in [5, 5.41) is 11.6. The second kappa shape index (κ2) is 6.34. The standard InChI is InChI=1S/C24H24N2O/c1-16(2)26-20-10-6-5-9-19(20)24(3,4)21(26)14-13-18-12-11-17-8-7-15-25-22(17)23(18)27/h5-16H,1-4H3/p+1. The van der Waals surface area contributed by atoms with Crippen LogP contribution in [-0.4, -0.2) is 26.4 Å². The first-order valence-corrected chi connectivity index (χ1v) is 9.42. The van der Waals surface area contributed by atoms with E-state index in [0.29, 0.717) is 11.6 Å². The van der Waals surface area contributed by atoms with Gasteiger partial charge in [-0.3, -0.25) is 4.98 Å². The van der Waals surface area contributed by atoms with Crippen molar-refractivity contribution in [1.29, 1.82) is 0 Å². The fourth-order valence-electron chi connectivity index (χ4n) is 4.07. The molecule has 3 aromatic rings. The number of hydrogen-bond donors (Lipinski definition) is 1. The van der Waals surface area contributed by atoms with Crippen molar-refractivity contribution in [3.8, 4) is 5.75 Å². The van der Waals surface area contributed by atoms with Gasteiger partial charge in [0.25, 0.3) is 0 Å². The van der Waals surface area contributed by atoms with E-state index >= 15 is 0 Å². The summed E-state index contributed by atoms with van der Waals surface area (Å²) in [6.45, 7) is 8.94. The van der Waals surface area contributed by atoms with Crippen molar-refractivity contribution in [2.45, 2.75) is 39.2 Å². The monoisotopic (exact) mass is 357 g/mol. The number of aromatic hydroxyl groups is 1. The maximum atomic E-state index is 10.7. The molecule has 1 aromatic heterocycles. The Bertz CT molecular complexity index is 1090. The smallest absolute Gasteiger partial charge is 0.209 e. The molecule has 2 heterocycles. The zero-order chi connectivity index (χ0) is 19.2. The van der Waals surface area contributed by atoms with E-state index in [1.54, 1.807) is 6.20 Å². The van der Waals surface area contributed by atoms with Crippen molar-refractivity contribution < 1.29 is 9.68 Å². The fourth-order valence-corrected chi connectivity index (χ4v) is 4.07. The molecule has 27 heavy (non-hydrogen) atoms. The van der Waals surface area contributed by atoms with Crippen LogP contribution in [0.5, 0.6) is 5.75 Å². The van der Waals surface area contributed by atoms with E-state index in [-0.39, 0.29) is 11.2 Å². The molecule has 4 rings (SSSR count). The molecule has 1 aliphatic rings. The van der Waals surface area contributed by atoms with Gasteiger partial charge < -0.3 is 5.11 Å². The minimum absolute atomic E-state index is 0.0952. The van der Waals surface area contributed by atoms with Gasteiger partial charge in [0, 0.05) is 34.9 Å². The molecule has 0 amide bonds. The van der Waals surface area contributed by atoms with E-state index < -0.39 is 0 Å². The lowest BCUT2D eigenvalue weighted by molar-refractivity contribution is -0.472. The number of allylic oxidation sites excluding steroid dienone is 1. The SMILES string of the molecule is CC(C)[N+]1=C(C=Cc2ccc3cccnc3c2O)C(C)(C)c2ccccc21. The number of aromatic nitrogens is 1. The molecule has 0 bridgehead atoms. The second-order valence-electron chi connectivity index (χ2n) is 7.90. The Morgan fingerprint density at radius 2 is 1.78 bits per heavy atom. The number of para-hydroxylation sites is 1. The molecule has 0 radical (unpaired) electrons. The first-order valence-electron chi connectivity index (χ1n) is 9.42. The topological polar surface area (TPSA) is 36.1 Å². The normalized spacial score (nSPS) is 15.9. The Balaban J connectivity index is 1.84. The van der Waals surface area contributed by atoms with Crippen molar-refractivity contribution in [1.82, 2.24) is 4.98 Å². The zero-order valence-electron chi connectivity index (χ0n) is 16.3. The largest absolute Gasteiger partial charge is 0.505 e. The van der Waals surface area contributed by atoms with Crippen LogP contribution in [0.3, 0.4) is 0 Å². The van der Waals surface area contributed by atoms with Crippen LogP contribution < -0.4 is 0 Å². The van der Waals surface area contributed by atoms with Crippen LogP contribution in [0.1, 0.15) is 38.8 Å². The van der Waals surface area contributed by atoms with Gasteiger partial charge in [0.15, 0.2) is 11.8 Å². The first-order chi connectivity index (χ1) is 12.9. The number of phenols is 1. The summed E-state index contributed by atoms with van der Waals surface area (Å²) < 4.78 is 2.39. The van der Waals surface area contributed by atoms with E-state index in [1.165, 1.54) is 17.0 Å². The number of nitrogens with zero attached hydrogens (tertiary/aromatic N) is 2.